The Kier molecular flexibility index (Phi) is 6.56. The molecule has 4 N–H and O–H groups in total. The number of rotatable bonds is 8. The molecule has 1 rings (SSSR count). The Hall–Kier alpha value is -1.92. The second-order valence-electron chi connectivity index (χ2n) is 4.03. The molecule has 0 aliphatic rings. The number of carboxylic acids is 1. The lowest BCUT2D eigenvalue weighted by atomic mass is 10.1. The smallest absolute Gasteiger partial charge is 0.329 e. The zero-order chi connectivity index (χ0) is 14.1. The summed E-state index contributed by atoms with van der Waals surface area (Å²) in [7, 11) is 0. The van der Waals surface area contributed by atoms with Gasteiger partial charge < -0.3 is 20.9 Å². The number of nitrogens with one attached hydrogen (secondary N) is 1. The summed E-state index contributed by atoms with van der Waals surface area (Å²) < 4.78 is 4.79. The highest BCUT2D eigenvalue weighted by molar-refractivity contribution is 5.81. The summed E-state index contributed by atoms with van der Waals surface area (Å²) >= 11 is 0. The molecule has 0 bridgehead atoms. The largest absolute Gasteiger partial charge is 0.480 e. The minimum absolute atomic E-state index is 0.149. The van der Waals surface area contributed by atoms with E-state index in [4.69, 9.17) is 15.6 Å². The monoisotopic (exact) mass is 266 g/mol. The van der Waals surface area contributed by atoms with Gasteiger partial charge in [-0.3, -0.25) is 4.79 Å². The van der Waals surface area contributed by atoms with E-state index >= 15 is 0 Å². The average Bonchev–Trinajstić information content (AvgIpc) is 2.38. The minimum Gasteiger partial charge on any atom is -0.480 e. The maximum absolute atomic E-state index is 11.6. The molecule has 0 spiro atoms. The number of hydrogen-bond acceptors (Lipinski definition) is 4. The van der Waals surface area contributed by atoms with Crippen molar-refractivity contribution in [3.05, 3.63) is 35.9 Å². The number of amides is 1. The lowest BCUT2D eigenvalue weighted by molar-refractivity contribution is -0.142. The summed E-state index contributed by atoms with van der Waals surface area (Å²) in [6.07, 6.45) is 0.461. The van der Waals surface area contributed by atoms with Crippen molar-refractivity contribution >= 4 is 11.9 Å². The van der Waals surface area contributed by atoms with Crippen molar-refractivity contribution in [2.24, 2.45) is 5.73 Å². The molecule has 0 saturated heterocycles. The first-order valence-electron chi connectivity index (χ1n) is 5.96. The van der Waals surface area contributed by atoms with Crippen molar-refractivity contribution < 1.29 is 19.4 Å². The van der Waals surface area contributed by atoms with E-state index in [1.54, 1.807) is 0 Å². The second-order valence-corrected chi connectivity index (χ2v) is 4.03. The van der Waals surface area contributed by atoms with Gasteiger partial charge >= 0.3 is 5.97 Å². The number of benzene rings is 1. The van der Waals surface area contributed by atoms with E-state index in [0.29, 0.717) is 6.42 Å². The van der Waals surface area contributed by atoms with Crippen molar-refractivity contribution in [3.63, 3.8) is 0 Å². The normalized spacial score (nSPS) is 11.8. The summed E-state index contributed by atoms with van der Waals surface area (Å²) in [5.41, 5.74) is 6.76. The topological polar surface area (TPSA) is 102 Å². The number of aliphatic carboxylic acids is 1. The second kappa shape index (κ2) is 8.23. The Balaban J connectivity index is 2.20. The molecule has 104 valence electrons. The van der Waals surface area contributed by atoms with Gasteiger partial charge in [-0.05, 0) is 12.0 Å². The van der Waals surface area contributed by atoms with Gasteiger partial charge in [-0.1, -0.05) is 30.3 Å². The lowest BCUT2D eigenvalue weighted by Crippen LogP contribution is -2.43. The molecule has 1 amide bonds. The third-order valence-electron chi connectivity index (χ3n) is 2.41. The van der Waals surface area contributed by atoms with Gasteiger partial charge in [-0.15, -0.1) is 0 Å². The van der Waals surface area contributed by atoms with Crippen LogP contribution in [0.2, 0.25) is 0 Å². The first-order chi connectivity index (χ1) is 9.09. The third kappa shape index (κ3) is 6.54. The van der Waals surface area contributed by atoms with Gasteiger partial charge in [-0.25, -0.2) is 4.79 Å². The lowest BCUT2D eigenvalue weighted by Gasteiger charge is -2.12. The number of carboxylic acid groups (broad SMARTS) is 1. The predicted molar refractivity (Wildman–Crippen MR) is 69.6 cm³/mol. The van der Waals surface area contributed by atoms with Crippen LogP contribution in [0.4, 0.5) is 0 Å². The first-order valence-corrected chi connectivity index (χ1v) is 5.96. The zero-order valence-electron chi connectivity index (χ0n) is 10.5. The SMILES string of the molecule is N[C@H](Cc1ccccc1)C(=O)NCCOCC(=O)O. The fourth-order valence-electron chi connectivity index (χ4n) is 1.50. The number of carbonyl (C=O) groups excluding carboxylic acids is 1. The van der Waals surface area contributed by atoms with Crippen LogP contribution in [0, 0.1) is 0 Å². The Bertz CT molecular complexity index is 408. The Morgan fingerprint density at radius 2 is 2.00 bits per heavy atom. The zero-order valence-corrected chi connectivity index (χ0v) is 10.5. The van der Waals surface area contributed by atoms with Gasteiger partial charge in [0, 0.05) is 6.54 Å². The predicted octanol–water partition coefficient (Wildman–Crippen LogP) is -0.226. The molecule has 1 atom stereocenters. The Morgan fingerprint density at radius 1 is 1.32 bits per heavy atom. The molecule has 0 saturated carbocycles. The highest BCUT2D eigenvalue weighted by Crippen LogP contribution is 2.01. The highest BCUT2D eigenvalue weighted by Gasteiger charge is 2.13. The number of hydrogen-bond donors (Lipinski definition) is 3. The molecular formula is C13H18N2O4. The van der Waals surface area contributed by atoms with E-state index in [1.165, 1.54) is 0 Å². The summed E-state index contributed by atoms with van der Waals surface area (Å²) in [5.74, 6) is -1.31. The van der Waals surface area contributed by atoms with Gasteiger partial charge in [-0.2, -0.15) is 0 Å². The van der Waals surface area contributed by atoms with Crippen LogP contribution in [0.3, 0.4) is 0 Å². The Labute approximate surface area is 111 Å². The third-order valence-corrected chi connectivity index (χ3v) is 2.41. The van der Waals surface area contributed by atoms with Gasteiger partial charge in [0.2, 0.25) is 5.91 Å². The molecule has 0 unspecified atom stereocenters. The number of carbonyl (C=O) groups is 2. The number of nitrogens with two attached hydrogens (primary N) is 1. The molecular weight excluding hydrogens is 248 g/mol. The van der Waals surface area contributed by atoms with Crippen molar-refractivity contribution in [3.8, 4) is 0 Å². The Morgan fingerprint density at radius 3 is 2.63 bits per heavy atom. The molecule has 6 nitrogen and oxygen atoms in total. The molecule has 1 aromatic rings. The van der Waals surface area contributed by atoms with Gasteiger partial charge in [0.05, 0.1) is 12.6 Å². The van der Waals surface area contributed by atoms with E-state index in [2.05, 4.69) is 5.32 Å². The number of ether oxygens (including phenoxy) is 1. The molecule has 0 aliphatic heterocycles. The van der Waals surface area contributed by atoms with E-state index in [-0.39, 0.29) is 25.7 Å². The maximum Gasteiger partial charge on any atom is 0.329 e. The average molecular weight is 266 g/mol. The molecule has 0 fully saturated rings. The van der Waals surface area contributed by atoms with Gasteiger partial charge in [0.15, 0.2) is 0 Å². The fourth-order valence-corrected chi connectivity index (χ4v) is 1.50. The van der Waals surface area contributed by atoms with Gasteiger partial charge in [0.25, 0.3) is 0 Å². The summed E-state index contributed by atoms with van der Waals surface area (Å²) in [6.45, 7) is 0.0244. The van der Waals surface area contributed by atoms with Crippen molar-refractivity contribution in [1.29, 1.82) is 0 Å². The molecule has 6 heteroatoms. The molecule has 1 aromatic carbocycles. The minimum atomic E-state index is -1.04. The molecule has 0 aromatic heterocycles. The van der Waals surface area contributed by atoms with Crippen LogP contribution in [-0.4, -0.2) is 42.8 Å². The maximum atomic E-state index is 11.6. The van der Waals surface area contributed by atoms with E-state index < -0.39 is 12.0 Å². The first kappa shape index (κ1) is 15.1. The van der Waals surface area contributed by atoms with Crippen LogP contribution in [0.15, 0.2) is 30.3 Å². The van der Waals surface area contributed by atoms with Crippen LogP contribution < -0.4 is 11.1 Å². The van der Waals surface area contributed by atoms with Crippen molar-refractivity contribution in [2.45, 2.75) is 12.5 Å². The molecule has 0 aliphatic carbocycles. The van der Waals surface area contributed by atoms with Crippen LogP contribution >= 0.6 is 0 Å². The summed E-state index contributed by atoms with van der Waals surface area (Å²) in [4.78, 5) is 21.8. The molecule has 0 radical (unpaired) electrons. The van der Waals surface area contributed by atoms with Crippen LogP contribution in [0.25, 0.3) is 0 Å². The van der Waals surface area contributed by atoms with E-state index in [1.807, 2.05) is 30.3 Å². The van der Waals surface area contributed by atoms with E-state index in [0.717, 1.165) is 5.56 Å². The molecule has 0 heterocycles. The van der Waals surface area contributed by atoms with Crippen LogP contribution in [0.5, 0.6) is 0 Å². The quantitative estimate of drug-likeness (QED) is 0.564. The standard InChI is InChI=1S/C13H18N2O4/c14-11(8-10-4-2-1-3-5-10)13(18)15-6-7-19-9-12(16)17/h1-5,11H,6-9,14H2,(H,15,18)(H,16,17)/t11-/m1/s1. The van der Waals surface area contributed by atoms with Crippen molar-refractivity contribution in [2.75, 3.05) is 19.8 Å². The fraction of sp³-hybridized carbons (Fsp3) is 0.385. The summed E-state index contributed by atoms with van der Waals surface area (Å²) in [5, 5.41) is 10.9. The highest BCUT2D eigenvalue weighted by atomic mass is 16.5. The van der Waals surface area contributed by atoms with Crippen LogP contribution in [-0.2, 0) is 20.7 Å². The molecule has 19 heavy (non-hydrogen) atoms. The van der Waals surface area contributed by atoms with E-state index in [9.17, 15) is 9.59 Å². The van der Waals surface area contributed by atoms with Crippen molar-refractivity contribution in [1.82, 2.24) is 5.32 Å². The van der Waals surface area contributed by atoms with Crippen LogP contribution in [0.1, 0.15) is 5.56 Å². The van der Waals surface area contributed by atoms with Gasteiger partial charge in [0.1, 0.15) is 6.61 Å². The summed E-state index contributed by atoms with van der Waals surface area (Å²) in [6, 6.07) is 8.86.